The number of piperidine rings is 1. The summed E-state index contributed by atoms with van der Waals surface area (Å²) in [6.45, 7) is 3.25. The van der Waals surface area contributed by atoms with Crippen LogP contribution in [0.15, 0.2) is 42.7 Å². The predicted octanol–water partition coefficient (Wildman–Crippen LogP) is 2.46. The number of hydrogen-bond acceptors (Lipinski definition) is 4. The molecule has 132 valence electrons. The molecule has 1 saturated heterocycles. The number of nitrogen functional groups attached to an aromatic ring is 1. The molecule has 0 aliphatic carbocycles. The molecule has 0 atom stereocenters. The molecule has 3 N–H and O–H groups in total. The molecule has 1 aliphatic rings. The number of carbonyl (C=O) groups is 1. The first-order valence-corrected chi connectivity index (χ1v) is 8.65. The van der Waals surface area contributed by atoms with Crippen LogP contribution in [-0.4, -0.2) is 40.7 Å². The molecule has 1 amide bonds. The summed E-state index contributed by atoms with van der Waals surface area (Å²) in [6, 6.07) is 7.20. The van der Waals surface area contributed by atoms with Crippen molar-refractivity contribution < 1.29 is 4.79 Å². The van der Waals surface area contributed by atoms with E-state index in [2.05, 4.69) is 22.4 Å². The maximum absolute atomic E-state index is 12.0. The molecule has 25 heavy (non-hydrogen) atoms. The van der Waals surface area contributed by atoms with Gasteiger partial charge in [0, 0.05) is 24.4 Å². The number of aromatic nitrogens is 2. The highest BCUT2D eigenvalue weighted by atomic mass is 16.1. The predicted molar refractivity (Wildman–Crippen MR) is 101 cm³/mol. The second-order valence-corrected chi connectivity index (χ2v) is 6.65. The maximum Gasteiger partial charge on any atom is 0.248 e. The van der Waals surface area contributed by atoms with Gasteiger partial charge in [0.2, 0.25) is 5.91 Å². The van der Waals surface area contributed by atoms with Crippen LogP contribution >= 0.6 is 0 Å². The van der Waals surface area contributed by atoms with Crippen LogP contribution in [0.4, 0.5) is 11.4 Å². The van der Waals surface area contributed by atoms with Gasteiger partial charge in [-0.05, 0) is 57.1 Å². The van der Waals surface area contributed by atoms with Gasteiger partial charge in [-0.1, -0.05) is 12.1 Å². The van der Waals surface area contributed by atoms with E-state index < -0.39 is 0 Å². The normalized spacial score (nSPS) is 16.4. The molecule has 1 aliphatic heterocycles. The Labute approximate surface area is 148 Å². The number of para-hydroxylation sites is 2. The monoisotopic (exact) mass is 339 g/mol. The number of likely N-dealkylation sites (tertiary alicyclic amines) is 1. The fraction of sp³-hybridized carbons (Fsp3) is 0.368. The summed E-state index contributed by atoms with van der Waals surface area (Å²) in [5.74, 6) is 0.471. The summed E-state index contributed by atoms with van der Waals surface area (Å²) in [7, 11) is 2.17. The lowest BCUT2D eigenvalue weighted by Crippen LogP contribution is -2.31. The molecule has 6 nitrogen and oxygen atoms in total. The average molecular weight is 339 g/mol. The third-order valence-electron chi connectivity index (χ3n) is 4.58. The zero-order valence-electron chi connectivity index (χ0n) is 14.6. The van der Waals surface area contributed by atoms with Crippen molar-refractivity contribution in [1.82, 2.24) is 14.7 Å². The SMILES string of the molecule is CN1CCC(Cn2cc(C=CC(=O)Nc3ccccc3N)cn2)CC1. The topological polar surface area (TPSA) is 76.2 Å². The fourth-order valence-electron chi connectivity index (χ4n) is 3.03. The number of benzene rings is 1. The minimum absolute atomic E-state index is 0.207. The van der Waals surface area contributed by atoms with Crippen LogP contribution in [0.3, 0.4) is 0 Å². The van der Waals surface area contributed by atoms with Gasteiger partial charge < -0.3 is 16.0 Å². The standard InChI is InChI=1S/C19H25N5O/c1-23-10-8-15(9-11-23)13-24-14-16(12-21-24)6-7-19(25)22-18-5-3-2-4-17(18)20/h2-7,12,14-15H,8-11,13,20H2,1H3,(H,22,25). The Morgan fingerprint density at radius 2 is 2.12 bits per heavy atom. The smallest absolute Gasteiger partial charge is 0.248 e. The Kier molecular flexibility index (Phi) is 5.50. The molecule has 0 bridgehead atoms. The van der Waals surface area contributed by atoms with E-state index in [0.717, 1.165) is 25.2 Å². The van der Waals surface area contributed by atoms with E-state index in [1.807, 2.05) is 23.0 Å². The zero-order valence-corrected chi connectivity index (χ0v) is 14.6. The molecule has 0 unspecified atom stereocenters. The zero-order chi connectivity index (χ0) is 17.6. The lowest BCUT2D eigenvalue weighted by molar-refractivity contribution is -0.111. The Bertz CT molecular complexity index is 744. The van der Waals surface area contributed by atoms with Crippen molar-refractivity contribution in [1.29, 1.82) is 0 Å². The van der Waals surface area contributed by atoms with Gasteiger partial charge in [-0.25, -0.2) is 0 Å². The third kappa shape index (κ3) is 4.93. The van der Waals surface area contributed by atoms with Crippen LogP contribution in [0.2, 0.25) is 0 Å². The lowest BCUT2D eigenvalue weighted by Gasteiger charge is -2.28. The second-order valence-electron chi connectivity index (χ2n) is 6.65. The van der Waals surface area contributed by atoms with Crippen molar-refractivity contribution in [3.05, 3.63) is 48.3 Å². The van der Waals surface area contributed by atoms with E-state index in [1.165, 1.54) is 18.9 Å². The molecule has 0 spiro atoms. The number of nitrogens with one attached hydrogen (secondary N) is 1. The minimum atomic E-state index is -0.207. The van der Waals surface area contributed by atoms with E-state index >= 15 is 0 Å². The highest BCUT2D eigenvalue weighted by molar-refractivity contribution is 6.03. The minimum Gasteiger partial charge on any atom is -0.397 e. The van der Waals surface area contributed by atoms with Crippen molar-refractivity contribution in [2.75, 3.05) is 31.2 Å². The molecule has 1 aromatic heterocycles. The Hall–Kier alpha value is -2.60. The van der Waals surface area contributed by atoms with Gasteiger partial charge in [0.05, 0.1) is 17.6 Å². The van der Waals surface area contributed by atoms with Crippen molar-refractivity contribution in [2.24, 2.45) is 5.92 Å². The van der Waals surface area contributed by atoms with Crippen LogP contribution in [0.5, 0.6) is 0 Å². The van der Waals surface area contributed by atoms with Gasteiger partial charge in [0.15, 0.2) is 0 Å². The molecule has 1 fully saturated rings. The molecule has 2 heterocycles. The van der Waals surface area contributed by atoms with Crippen LogP contribution in [0.1, 0.15) is 18.4 Å². The number of amides is 1. The number of hydrogen-bond donors (Lipinski definition) is 2. The molecular formula is C19H25N5O. The van der Waals surface area contributed by atoms with Crippen molar-refractivity contribution in [3.8, 4) is 0 Å². The molecule has 1 aromatic carbocycles. The van der Waals surface area contributed by atoms with Crippen LogP contribution in [0.25, 0.3) is 6.08 Å². The van der Waals surface area contributed by atoms with Crippen molar-refractivity contribution in [3.63, 3.8) is 0 Å². The van der Waals surface area contributed by atoms with Gasteiger partial charge in [-0.2, -0.15) is 5.10 Å². The molecule has 3 rings (SSSR count). The van der Waals surface area contributed by atoms with Gasteiger partial charge in [0.25, 0.3) is 0 Å². The summed E-state index contributed by atoms with van der Waals surface area (Å²) >= 11 is 0. The number of rotatable bonds is 5. The summed E-state index contributed by atoms with van der Waals surface area (Å²) in [5.41, 5.74) is 7.91. The van der Waals surface area contributed by atoms with Gasteiger partial charge in [-0.3, -0.25) is 9.48 Å². The highest BCUT2D eigenvalue weighted by Crippen LogP contribution is 2.18. The fourth-order valence-corrected chi connectivity index (χ4v) is 3.03. The maximum atomic E-state index is 12.0. The van der Waals surface area contributed by atoms with Crippen molar-refractivity contribution in [2.45, 2.75) is 19.4 Å². The van der Waals surface area contributed by atoms with Crippen LogP contribution in [0, 0.1) is 5.92 Å². The van der Waals surface area contributed by atoms with Crippen LogP contribution < -0.4 is 11.1 Å². The molecule has 0 radical (unpaired) electrons. The molecule has 0 saturated carbocycles. The quantitative estimate of drug-likeness (QED) is 0.648. The number of nitrogens with zero attached hydrogens (tertiary/aromatic N) is 3. The Balaban J connectivity index is 1.53. The Morgan fingerprint density at radius 3 is 2.88 bits per heavy atom. The van der Waals surface area contributed by atoms with Crippen molar-refractivity contribution >= 4 is 23.4 Å². The molecule has 6 heteroatoms. The number of carbonyl (C=O) groups excluding carboxylic acids is 1. The van der Waals surface area contributed by atoms with E-state index in [1.54, 1.807) is 24.4 Å². The summed E-state index contributed by atoms with van der Waals surface area (Å²) in [4.78, 5) is 14.4. The van der Waals surface area contributed by atoms with Gasteiger partial charge in [0.1, 0.15) is 0 Å². The number of anilines is 2. The van der Waals surface area contributed by atoms with Crippen LogP contribution in [-0.2, 0) is 11.3 Å². The second kappa shape index (κ2) is 7.98. The van der Waals surface area contributed by atoms with Gasteiger partial charge in [-0.15, -0.1) is 0 Å². The van der Waals surface area contributed by atoms with Gasteiger partial charge >= 0.3 is 0 Å². The first kappa shape index (κ1) is 17.2. The third-order valence-corrected chi connectivity index (χ3v) is 4.58. The number of nitrogens with two attached hydrogens (primary N) is 1. The Morgan fingerprint density at radius 1 is 1.36 bits per heavy atom. The first-order valence-electron chi connectivity index (χ1n) is 8.65. The average Bonchev–Trinajstić information content (AvgIpc) is 3.05. The van der Waals surface area contributed by atoms with E-state index in [9.17, 15) is 4.79 Å². The van der Waals surface area contributed by atoms with E-state index in [-0.39, 0.29) is 5.91 Å². The summed E-state index contributed by atoms with van der Waals surface area (Å²) in [5, 5.41) is 7.18. The van der Waals surface area contributed by atoms with E-state index in [0.29, 0.717) is 17.3 Å². The summed E-state index contributed by atoms with van der Waals surface area (Å²) in [6.07, 6.45) is 9.47. The molecule has 2 aromatic rings. The highest BCUT2D eigenvalue weighted by Gasteiger charge is 2.17. The lowest BCUT2D eigenvalue weighted by atomic mass is 9.97. The largest absolute Gasteiger partial charge is 0.397 e. The first-order chi connectivity index (χ1) is 12.1. The molecular weight excluding hydrogens is 314 g/mol. The van der Waals surface area contributed by atoms with E-state index in [4.69, 9.17) is 5.73 Å². The summed E-state index contributed by atoms with van der Waals surface area (Å²) < 4.78 is 1.97.